The molecule has 0 aromatic heterocycles. The summed E-state index contributed by atoms with van der Waals surface area (Å²) in [6.45, 7) is -0.0916. The Bertz CT molecular complexity index is 640. The fourth-order valence-corrected chi connectivity index (χ4v) is 2.16. The number of amides is 1. The van der Waals surface area contributed by atoms with Crippen LogP contribution in [0.25, 0.3) is 5.57 Å². The number of hydrogen-bond acceptors (Lipinski definition) is 3. The summed E-state index contributed by atoms with van der Waals surface area (Å²) in [5.74, 6) is -1.31. The van der Waals surface area contributed by atoms with Crippen molar-refractivity contribution in [1.82, 2.24) is 5.32 Å². The molecule has 1 rings (SSSR count). The van der Waals surface area contributed by atoms with Crippen LogP contribution in [0.4, 0.5) is 13.2 Å². The van der Waals surface area contributed by atoms with Gasteiger partial charge in [0, 0.05) is 12.6 Å². The van der Waals surface area contributed by atoms with Crippen molar-refractivity contribution >= 4 is 21.5 Å². The molecule has 1 aromatic carbocycles. The van der Waals surface area contributed by atoms with Crippen LogP contribution in [0.3, 0.4) is 0 Å². The van der Waals surface area contributed by atoms with E-state index in [1.165, 1.54) is 24.3 Å². The van der Waals surface area contributed by atoms with Gasteiger partial charge in [-0.15, -0.1) is 0 Å². The number of hydrogen-bond donors (Lipinski definition) is 2. The lowest BCUT2D eigenvalue weighted by molar-refractivity contribution is -0.117. The molecule has 5 nitrogen and oxygen atoms in total. The van der Waals surface area contributed by atoms with E-state index in [1.807, 2.05) is 0 Å². The van der Waals surface area contributed by atoms with Crippen molar-refractivity contribution in [1.29, 1.82) is 0 Å². The van der Waals surface area contributed by atoms with E-state index < -0.39 is 27.7 Å². The Labute approximate surface area is 126 Å². The van der Waals surface area contributed by atoms with Crippen molar-refractivity contribution in [2.45, 2.75) is 12.6 Å². The van der Waals surface area contributed by atoms with Crippen LogP contribution in [0.1, 0.15) is 12.0 Å². The third-order valence-electron chi connectivity index (χ3n) is 2.57. The molecule has 9 heteroatoms. The zero-order valence-electron chi connectivity index (χ0n) is 11.4. The predicted octanol–water partition coefficient (Wildman–Crippen LogP) is 1.43. The lowest BCUT2D eigenvalue weighted by atomic mass is 10.1. The summed E-state index contributed by atoms with van der Waals surface area (Å²) in [6, 6.07) is 6.91. The lowest BCUT2D eigenvalue weighted by Crippen LogP contribution is -2.27. The van der Waals surface area contributed by atoms with Crippen LogP contribution in [0.5, 0.6) is 0 Å². The molecule has 0 atom stereocenters. The number of halogens is 3. The third kappa shape index (κ3) is 6.72. The number of nitrogens with two attached hydrogens (primary N) is 1. The molecule has 0 radical (unpaired) electrons. The van der Waals surface area contributed by atoms with Crippen molar-refractivity contribution < 1.29 is 26.4 Å². The number of alkyl halides is 3. The molecular formula is C13H15F3N2O3S. The maximum absolute atomic E-state index is 13.0. The van der Waals surface area contributed by atoms with E-state index in [-0.39, 0.29) is 24.3 Å². The van der Waals surface area contributed by atoms with Crippen LogP contribution >= 0.6 is 0 Å². The van der Waals surface area contributed by atoms with Crippen molar-refractivity contribution in [2.75, 3.05) is 12.3 Å². The summed E-state index contributed by atoms with van der Waals surface area (Å²) >= 11 is 0. The van der Waals surface area contributed by atoms with E-state index in [4.69, 9.17) is 5.14 Å². The Morgan fingerprint density at radius 2 is 1.82 bits per heavy atom. The molecule has 0 bridgehead atoms. The largest absolute Gasteiger partial charge is 0.417 e. The molecule has 0 unspecified atom stereocenters. The van der Waals surface area contributed by atoms with Crippen molar-refractivity contribution in [2.24, 2.45) is 5.14 Å². The molecule has 22 heavy (non-hydrogen) atoms. The summed E-state index contributed by atoms with van der Waals surface area (Å²) in [6.07, 6.45) is -4.21. The number of sulfonamides is 1. The quantitative estimate of drug-likeness (QED) is 0.608. The van der Waals surface area contributed by atoms with Crippen LogP contribution in [0, 0.1) is 0 Å². The average Bonchev–Trinajstić information content (AvgIpc) is 2.40. The van der Waals surface area contributed by atoms with Gasteiger partial charge in [-0.2, -0.15) is 13.2 Å². The number of nitrogens with one attached hydrogen (secondary N) is 1. The lowest BCUT2D eigenvalue weighted by Gasteiger charge is -2.12. The first-order valence-electron chi connectivity index (χ1n) is 6.22. The zero-order valence-corrected chi connectivity index (χ0v) is 12.2. The molecule has 0 saturated carbocycles. The van der Waals surface area contributed by atoms with Gasteiger partial charge in [-0.25, -0.2) is 13.6 Å². The number of allylic oxidation sites excluding steroid dienone is 1. The molecule has 122 valence electrons. The summed E-state index contributed by atoms with van der Waals surface area (Å²) < 4.78 is 60.2. The van der Waals surface area contributed by atoms with Gasteiger partial charge in [0.2, 0.25) is 15.9 Å². The maximum Gasteiger partial charge on any atom is 0.417 e. The van der Waals surface area contributed by atoms with Gasteiger partial charge >= 0.3 is 6.18 Å². The van der Waals surface area contributed by atoms with Gasteiger partial charge in [-0.1, -0.05) is 30.3 Å². The van der Waals surface area contributed by atoms with E-state index >= 15 is 0 Å². The van der Waals surface area contributed by atoms with Crippen LogP contribution in [-0.2, 0) is 14.8 Å². The number of rotatable bonds is 6. The molecule has 0 aliphatic rings. The molecule has 0 aliphatic carbocycles. The number of benzene rings is 1. The Hall–Kier alpha value is -1.87. The van der Waals surface area contributed by atoms with Gasteiger partial charge in [0.1, 0.15) is 0 Å². The second kappa shape index (κ2) is 7.41. The fraction of sp³-hybridized carbons (Fsp3) is 0.308. The maximum atomic E-state index is 13.0. The van der Waals surface area contributed by atoms with Crippen molar-refractivity contribution in [3.05, 3.63) is 42.0 Å². The first-order valence-corrected chi connectivity index (χ1v) is 7.94. The Balaban J connectivity index is 2.75. The highest BCUT2D eigenvalue weighted by molar-refractivity contribution is 7.89. The van der Waals surface area contributed by atoms with Crippen molar-refractivity contribution in [3.63, 3.8) is 0 Å². The number of primary sulfonamides is 1. The SMILES string of the molecule is NS(=O)(=O)CCCNC(=O)/C=C(\c1ccccc1)C(F)(F)F. The first-order chi connectivity index (χ1) is 10.1. The highest BCUT2D eigenvalue weighted by Gasteiger charge is 2.35. The number of carbonyl (C=O) groups is 1. The molecule has 0 fully saturated rings. The summed E-state index contributed by atoms with van der Waals surface area (Å²) in [4.78, 5) is 11.5. The van der Waals surface area contributed by atoms with E-state index in [2.05, 4.69) is 5.32 Å². The monoisotopic (exact) mass is 336 g/mol. The van der Waals surface area contributed by atoms with Gasteiger partial charge in [0.25, 0.3) is 0 Å². The van der Waals surface area contributed by atoms with Gasteiger partial charge in [-0.3, -0.25) is 4.79 Å². The highest BCUT2D eigenvalue weighted by Crippen LogP contribution is 2.33. The van der Waals surface area contributed by atoms with Gasteiger partial charge in [0.15, 0.2) is 0 Å². The Morgan fingerprint density at radius 3 is 2.32 bits per heavy atom. The third-order valence-corrected chi connectivity index (χ3v) is 3.43. The zero-order chi connectivity index (χ0) is 16.8. The van der Waals surface area contributed by atoms with E-state index in [9.17, 15) is 26.4 Å². The predicted molar refractivity (Wildman–Crippen MR) is 76.1 cm³/mol. The van der Waals surface area contributed by atoms with Crippen LogP contribution in [0.15, 0.2) is 36.4 Å². The Kier molecular flexibility index (Phi) is 6.12. The van der Waals surface area contributed by atoms with E-state index in [0.717, 1.165) is 0 Å². The molecule has 3 N–H and O–H groups in total. The van der Waals surface area contributed by atoms with E-state index in [1.54, 1.807) is 6.07 Å². The summed E-state index contributed by atoms with van der Waals surface area (Å²) in [5.41, 5.74) is -1.20. The molecule has 1 aromatic rings. The van der Waals surface area contributed by atoms with Crippen LogP contribution in [-0.4, -0.2) is 32.8 Å². The minimum Gasteiger partial charge on any atom is -0.353 e. The van der Waals surface area contributed by atoms with E-state index in [0.29, 0.717) is 6.08 Å². The second-order valence-electron chi connectivity index (χ2n) is 4.43. The minimum atomic E-state index is -4.68. The van der Waals surface area contributed by atoms with Crippen LogP contribution < -0.4 is 10.5 Å². The Morgan fingerprint density at radius 1 is 1.23 bits per heavy atom. The second-order valence-corrected chi connectivity index (χ2v) is 6.17. The number of carbonyl (C=O) groups excluding carboxylic acids is 1. The molecule has 0 aliphatic heterocycles. The van der Waals surface area contributed by atoms with Gasteiger partial charge in [0.05, 0.1) is 11.3 Å². The molecular weight excluding hydrogens is 321 g/mol. The topological polar surface area (TPSA) is 89.3 Å². The molecule has 0 heterocycles. The molecule has 0 spiro atoms. The van der Waals surface area contributed by atoms with Crippen LogP contribution in [0.2, 0.25) is 0 Å². The minimum absolute atomic E-state index is 0.0189. The molecule has 1 amide bonds. The molecule has 0 saturated heterocycles. The fourth-order valence-electron chi connectivity index (χ4n) is 1.61. The summed E-state index contributed by atoms with van der Waals surface area (Å²) in [7, 11) is -3.66. The average molecular weight is 336 g/mol. The van der Waals surface area contributed by atoms with Gasteiger partial charge < -0.3 is 5.32 Å². The summed E-state index contributed by atoms with van der Waals surface area (Å²) in [5, 5.41) is 6.96. The standard InChI is InChI=1S/C13H15F3N2O3S/c14-13(15,16)11(10-5-2-1-3-6-10)9-12(19)18-7-4-8-22(17,20)21/h1-3,5-6,9H,4,7-8H2,(H,18,19)(H2,17,20,21)/b11-9+. The first kappa shape index (κ1) is 18.2. The highest BCUT2D eigenvalue weighted by atomic mass is 32.2. The normalized spacial score (nSPS) is 13.0. The van der Waals surface area contributed by atoms with Crippen molar-refractivity contribution in [3.8, 4) is 0 Å². The van der Waals surface area contributed by atoms with Gasteiger partial charge in [-0.05, 0) is 12.0 Å². The smallest absolute Gasteiger partial charge is 0.353 e.